The fourth-order valence-corrected chi connectivity index (χ4v) is 1.30. The molecular weight excluding hydrogens is 198 g/mol. The van der Waals surface area contributed by atoms with E-state index in [1.54, 1.807) is 18.2 Å². The molecule has 0 heterocycles. The Hall–Kier alpha value is -1.91. The van der Waals surface area contributed by atoms with Crippen LogP contribution in [-0.4, -0.2) is 22.0 Å². The maximum absolute atomic E-state index is 10.8. The van der Waals surface area contributed by atoms with Gasteiger partial charge in [0.05, 0.1) is 5.56 Å². The number of hydrogen-bond donors (Lipinski definition) is 1. The lowest BCUT2D eigenvalue weighted by Crippen LogP contribution is -2.19. The summed E-state index contributed by atoms with van der Waals surface area (Å²) in [5, 5.41) is 19.3. The zero-order chi connectivity index (χ0) is 11.4. The first-order chi connectivity index (χ1) is 7.02. The van der Waals surface area contributed by atoms with Crippen LogP contribution >= 0.6 is 0 Å². The number of benzene rings is 1. The number of aromatic carboxylic acids is 1. The summed E-state index contributed by atoms with van der Waals surface area (Å²) in [4.78, 5) is 20.8. The highest BCUT2D eigenvalue weighted by atomic mass is 16.6. The van der Waals surface area contributed by atoms with Gasteiger partial charge >= 0.3 is 5.97 Å². The fourth-order valence-electron chi connectivity index (χ4n) is 1.30. The van der Waals surface area contributed by atoms with Crippen LogP contribution in [0.1, 0.15) is 22.8 Å². The average Bonchev–Trinajstić information content (AvgIpc) is 2.18. The molecule has 0 amide bonds. The van der Waals surface area contributed by atoms with Crippen LogP contribution in [0.2, 0.25) is 0 Å². The van der Waals surface area contributed by atoms with Gasteiger partial charge in [0.25, 0.3) is 0 Å². The zero-order valence-electron chi connectivity index (χ0n) is 8.21. The molecule has 0 aliphatic carbocycles. The third-order valence-corrected chi connectivity index (χ3v) is 2.12. The largest absolute Gasteiger partial charge is 0.478 e. The summed E-state index contributed by atoms with van der Waals surface area (Å²) in [6, 6.07) is 5.55. The van der Waals surface area contributed by atoms with Crippen molar-refractivity contribution in [3.05, 3.63) is 45.5 Å². The molecule has 0 aliphatic heterocycles. The van der Waals surface area contributed by atoms with Crippen molar-refractivity contribution in [1.82, 2.24) is 0 Å². The van der Waals surface area contributed by atoms with E-state index >= 15 is 0 Å². The lowest BCUT2D eigenvalue weighted by Gasteiger charge is -2.06. The third kappa shape index (κ3) is 2.77. The van der Waals surface area contributed by atoms with Gasteiger partial charge in [-0.25, -0.2) is 4.79 Å². The summed E-state index contributed by atoms with van der Waals surface area (Å²) < 4.78 is 0. The molecule has 1 aromatic carbocycles. The molecule has 1 rings (SSSR count). The van der Waals surface area contributed by atoms with E-state index in [1.165, 1.54) is 13.0 Å². The smallest absolute Gasteiger partial charge is 0.335 e. The maximum atomic E-state index is 10.8. The van der Waals surface area contributed by atoms with Crippen LogP contribution in [0.4, 0.5) is 0 Å². The number of nitro groups is 1. The van der Waals surface area contributed by atoms with Gasteiger partial charge in [0.15, 0.2) is 0 Å². The molecule has 1 atom stereocenters. The lowest BCUT2D eigenvalue weighted by molar-refractivity contribution is -0.517. The first-order valence-electron chi connectivity index (χ1n) is 4.47. The molecule has 80 valence electrons. The van der Waals surface area contributed by atoms with Crippen molar-refractivity contribution in [3.63, 3.8) is 0 Å². The molecule has 5 heteroatoms. The zero-order valence-corrected chi connectivity index (χ0v) is 8.21. The number of carbonyl (C=O) groups is 1. The molecule has 0 unspecified atom stereocenters. The standard InChI is InChI=1S/C10H11NO4/c1-7(11(14)15)6-8-4-2-3-5-9(8)10(12)13/h2-5,7H,6H2,1H3,(H,12,13)/t7-/m0/s1. The minimum absolute atomic E-state index is 0.131. The Bertz CT molecular complexity index is 389. The summed E-state index contributed by atoms with van der Waals surface area (Å²) in [7, 11) is 0. The molecule has 0 aliphatic rings. The van der Waals surface area contributed by atoms with Crippen molar-refractivity contribution in [2.75, 3.05) is 0 Å². The molecule has 0 saturated heterocycles. The molecule has 1 N–H and O–H groups in total. The molecule has 0 aromatic heterocycles. The second-order valence-electron chi connectivity index (χ2n) is 3.30. The van der Waals surface area contributed by atoms with E-state index in [0.29, 0.717) is 5.56 Å². The van der Waals surface area contributed by atoms with Crippen molar-refractivity contribution < 1.29 is 14.8 Å². The first-order valence-corrected chi connectivity index (χ1v) is 4.47. The number of carboxylic acid groups (broad SMARTS) is 1. The number of nitrogens with zero attached hydrogens (tertiary/aromatic N) is 1. The average molecular weight is 209 g/mol. The lowest BCUT2D eigenvalue weighted by atomic mass is 10.0. The van der Waals surface area contributed by atoms with Crippen molar-refractivity contribution in [2.24, 2.45) is 0 Å². The second kappa shape index (κ2) is 4.54. The molecule has 0 bridgehead atoms. The van der Waals surface area contributed by atoms with Gasteiger partial charge in [-0.2, -0.15) is 0 Å². The predicted octanol–water partition coefficient (Wildman–Crippen LogP) is 1.59. The van der Waals surface area contributed by atoms with Crippen LogP contribution in [0.3, 0.4) is 0 Å². The number of rotatable bonds is 4. The van der Waals surface area contributed by atoms with E-state index in [-0.39, 0.29) is 12.0 Å². The van der Waals surface area contributed by atoms with Gasteiger partial charge in [-0.15, -0.1) is 0 Å². The van der Waals surface area contributed by atoms with Crippen LogP contribution in [-0.2, 0) is 6.42 Å². The molecule has 5 nitrogen and oxygen atoms in total. The first kappa shape index (κ1) is 11.2. The molecule has 0 radical (unpaired) electrons. The minimum atomic E-state index is -1.05. The predicted molar refractivity (Wildman–Crippen MR) is 53.6 cm³/mol. The Morgan fingerprint density at radius 3 is 2.67 bits per heavy atom. The van der Waals surface area contributed by atoms with Crippen LogP contribution in [0.15, 0.2) is 24.3 Å². The Labute approximate surface area is 86.5 Å². The maximum Gasteiger partial charge on any atom is 0.335 e. The van der Waals surface area contributed by atoms with Gasteiger partial charge in [0.1, 0.15) is 0 Å². The SMILES string of the molecule is C[C@@H](Cc1ccccc1C(=O)O)[N+](=O)[O-]. The highest BCUT2D eigenvalue weighted by Gasteiger charge is 2.17. The van der Waals surface area contributed by atoms with Gasteiger partial charge < -0.3 is 5.11 Å². The van der Waals surface area contributed by atoms with Gasteiger partial charge in [0.2, 0.25) is 6.04 Å². The Balaban J connectivity index is 2.94. The van der Waals surface area contributed by atoms with Crippen LogP contribution < -0.4 is 0 Å². The van der Waals surface area contributed by atoms with E-state index < -0.39 is 16.9 Å². The Kier molecular flexibility index (Phi) is 3.38. The van der Waals surface area contributed by atoms with Crippen LogP contribution in [0.5, 0.6) is 0 Å². The van der Waals surface area contributed by atoms with Crippen molar-refractivity contribution >= 4 is 5.97 Å². The number of carboxylic acids is 1. The number of hydrogen-bond acceptors (Lipinski definition) is 3. The minimum Gasteiger partial charge on any atom is -0.478 e. The molecular formula is C10H11NO4. The third-order valence-electron chi connectivity index (χ3n) is 2.12. The van der Waals surface area contributed by atoms with Gasteiger partial charge in [-0.05, 0) is 11.6 Å². The summed E-state index contributed by atoms with van der Waals surface area (Å²) in [5.41, 5.74) is 0.625. The Morgan fingerprint density at radius 2 is 2.13 bits per heavy atom. The molecule has 0 fully saturated rings. The summed E-state index contributed by atoms with van der Waals surface area (Å²) in [6.07, 6.45) is 0.134. The van der Waals surface area contributed by atoms with Crippen molar-refractivity contribution in [3.8, 4) is 0 Å². The fraction of sp³-hybridized carbons (Fsp3) is 0.300. The monoisotopic (exact) mass is 209 g/mol. The van der Waals surface area contributed by atoms with E-state index in [1.807, 2.05) is 0 Å². The molecule has 1 aromatic rings. The quantitative estimate of drug-likeness (QED) is 0.603. The van der Waals surface area contributed by atoms with Gasteiger partial charge in [0, 0.05) is 18.3 Å². The van der Waals surface area contributed by atoms with Crippen molar-refractivity contribution in [2.45, 2.75) is 19.4 Å². The van der Waals surface area contributed by atoms with Gasteiger partial charge in [-0.1, -0.05) is 18.2 Å². The summed E-state index contributed by atoms with van der Waals surface area (Å²) in [6.45, 7) is 1.46. The second-order valence-corrected chi connectivity index (χ2v) is 3.30. The van der Waals surface area contributed by atoms with Gasteiger partial charge in [-0.3, -0.25) is 10.1 Å². The molecule has 15 heavy (non-hydrogen) atoms. The highest BCUT2D eigenvalue weighted by Crippen LogP contribution is 2.12. The summed E-state index contributed by atoms with van der Waals surface area (Å²) in [5.74, 6) is -1.05. The topological polar surface area (TPSA) is 80.4 Å². The van der Waals surface area contributed by atoms with E-state index in [2.05, 4.69) is 0 Å². The van der Waals surface area contributed by atoms with E-state index in [4.69, 9.17) is 5.11 Å². The van der Waals surface area contributed by atoms with Crippen LogP contribution in [0.25, 0.3) is 0 Å². The highest BCUT2D eigenvalue weighted by molar-refractivity contribution is 5.89. The molecule has 0 spiro atoms. The Morgan fingerprint density at radius 1 is 1.53 bits per heavy atom. The van der Waals surface area contributed by atoms with Crippen molar-refractivity contribution in [1.29, 1.82) is 0 Å². The van der Waals surface area contributed by atoms with Crippen LogP contribution in [0, 0.1) is 10.1 Å². The van der Waals surface area contributed by atoms with E-state index in [9.17, 15) is 14.9 Å². The summed E-state index contributed by atoms with van der Waals surface area (Å²) >= 11 is 0. The molecule has 0 saturated carbocycles. The normalized spacial score (nSPS) is 12.1. The van der Waals surface area contributed by atoms with E-state index in [0.717, 1.165) is 0 Å².